The van der Waals surface area contributed by atoms with Crippen molar-refractivity contribution >= 4 is 110 Å². The van der Waals surface area contributed by atoms with Crippen LogP contribution in [-0.4, -0.2) is 13.4 Å². The molecule has 4 aliphatic rings. The minimum atomic E-state index is 0.107. The van der Waals surface area contributed by atoms with Crippen LogP contribution in [0.5, 0.6) is 0 Å². The molecular weight excluding hydrogens is 1020 g/mol. The summed E-state index contributed by atoms with van der Waals surface area (Å²) in [5, 5.41) is 8.50. The SMILES string of the molecule is CC(C)c1cc(C(C)C)c(-c2cc3c4c(cc5c(-c6c(C(C)C)cc(C(C)C)cc6C(C)C)cc6c7c(cc2c4c57)B2c4ccccc4-c4cc(Br)cc-6c42)B2c4ccccc4-c4cc(Br)cc-3c42)c(C(C)C)c1. The molecule has 10 aromatic carbocycles. The van der Waals surface area contributed by atoms with Gasteiger partial charge in [-0.2, -0.15) is 0 Å². The van der Waals surface area contributed by atoms with Crippen molar-refractivity contribution in [3.63, 3.8) is 0 Å². The molecule has 0 aliphatic carbocycles. The third kappa shape index (κ3) is 6.28. The zero-order chi connectivity index (χ0) is 51.2. The van der Waals surface area contributed by atoms with Crippen molar-refractivity contribution in [3.05, 3.63) is 164 Å². The second-order valence-electron chi connectivity index (χ2n) is 24.4. The van der Waals surface area contributed by atoms with E-state index in [9.17, 15) is 0 Å². The highest BCUT2D eigenvalue weighted by Gasteiger charge is 2.45. The first-order valence-electron chi connectivity index (χ1n) is 27.6. The average molecular weight is 1080 g/mol. The lowest BCUT2D eigenvalue weighted by molar-refractivity contribution is 0.807. The zero-order valence-electron chi connectivity index (χ0n) is 44.9. The Labute approximate surface area is 456 Å². The molecule has 10 aromatic rings. The van der Waals surface area contributed by atoms with Crippen LogP contribution in [0.15, 0.2) is 130 Å². The molecular formula is C70H62B2Br2. The number of hydrogen-bond acceptors (Lipinski definition) is 0. The molecule has 0 radical (unpaired) electrons. The molecule has 74 heavy (non-hydrogen) atoms. The molecule has 0 fully saturated rings. The molecule has 0 unspecified atom stereocenters. The summed E-state index contributed by atoms with van der Waals surface area (Å²) in [6.07, 6.45) is 0. The maximum Gasteiger partial charge on any atom is 0.244 e. The molecule has 14 rings (SSSR count). The lowest BCUT2D eigenvalue weighted by Gasteiger charge is -2.34. The van der Waals surface area contributed by atoms with Crippen LogP contribution in [0, 0.1) is 0 Å². The topological polar surface area (TPSA) is 0 Å². The highest BCUT2D eigenvalue weighted by Crippen LogP contribution is 2.54. The van der Waals surface area contributed by atoms with Crippen molar-refractivity contribution in [1.29, 1.82) is 0 Å². The number of rotatable bonds is 8. The van der Waals surface area contributed by atoms with Gasteiger partial charge in [0.15, 0.2) is 0 Å². The Balaban J connectivity index is 1.28. The second-order valence-corrected chi connectivity index (χ2v) is 26.2. The molecule has 0 amide bonds. The zero-order valence-corrected chi connectivity index (χ0v) is 48.1. The quantitative estimate of drug-likeness (QED) is 0.105. The first kappa shape index (κ1) is 46.8. The van der Waals surface area contributed by atoms with Gasteiger partial charge in [-0.1, -0.05) is 233 Å². The maximum atomic E-state index is 4.12. The summed E-state index contributed by atoms with van der Waals surface area (Å²) < 4.78 is 2.27. The van der Waals surface area contributed by atoms with Crippen LogP contribution in [0.1, 0.15) is 152 Å². The van der Waals surface area contributed by atoms with Crippen molar-refractivity contribution in [2.45, 2.75) is 119 Å². The van der Waals surface area contributed by atoms with Gasteiger partial charge in [-0.25, -0.2) is 0 Å². The van der Waals surface area contributed by atoms with Gasteiger partial charge in [-0.05, 0) is 204 Å². The highest BCUT2D eigenvalue weighted by atomic mass is 79.9. The van der Waals surface area contributed by atoms with E-state index >= 15 is 0 Å². The van der Waals surface area contributed by atoms with Crippen molar-refractivity contribution in [3.8, 4) is 66.8 Å². The molecule has 0 nitrogen and oxygen atoms in total. The van der Waals surface area contributed by atoms with Crippen molar-refractivity contribution in [1.82, 2.24) is 0 Å². The number of fused-ring (bicyclic) bond motifs is 10. The second kappa shape index (κ2) is 16.4. The van der Waals surface area contributed by atoms with Crippen LogP contribution in [0.25, 0.3) is 99.1 Å². The summed E-state index contributed by atoms with van der Waals surface area (Å²) in [7, 11) is 0. The largest absolute Gasteiger partial charge is 0.244 e. The van der Waals surface area contributed by atoms with Gasteiger partial charge >= 0.3 is 0 Å². The van der Waals surface area contributed by atoms with Gasteiger partial charge in [0.25, 0.3) is 0 Å². The predicted molar refractivity (Wildman–Crippen MR) is 332 cm³/mol. The molecule has 0 saturated heterocycles. The number of benzene rings is 10. The van der Waals surface area contributed by atoms with Crippen LogP contribution in [0.4, 0.5) is 0 Å². The van der Waals surface area contributed by atoms with Crippen LogP contribution >= 0.6 is 31.9 Å². The molecule has 0 aromatic heterocycles. The third-order valence-corrected chi connectivity index (χ3v) is 19.1. The molecule has 362 valence electrons. The Kier molecular flexibility index (Phi) is 10.4. The van der Waals surface area contributed by atoms with E-state index in [0.717, 1.165) is 8.95 Å². The van der Waals surface area contributed by atoms with Crippen molar-refractivity contribution in [2.24, 2.45) is 0 Å². The van der Waals surface area contributed by atoms with E-state index in [1.54, 1.807) is 0 Å². The Morgan fingerprint density at radius 2 is 0.622 bits per heavy atom. The predicted octanol–water partition coefficient (Wildman–Crippen LogP) is 17.1. The molecule has 4 heterocycles. The summed E-state index contributed by atoms with van der Waals surface area (Å²) in [4.78, 5) is 0. The standard InChI is InChI=1S/C70H62B2Br2/c1-33(2)39-21-45(35(5)6)63(46(22-39)36(7)8)49-29-51-57-27-41(73)25-55-43-17-14-16-20-60(43)72(69(55)57)62-32-54-50(64-47(37(9)10)23-40(34(3)4)24-48(64)38(11)12)30-52-58-28-42(74)26-56-44-18-13-15-19-59(44)71(70(56)58)61-31-53(49)67(65(51)62)68(54)66(52)61/h13-38H,1-12H3. The Morgan fingerprint density at radius 3 is 0.946 bits per heavy atom. The van der Waals surface area contributed by atoms with Gasteiger partial charge in [-0.15, -0.1) is 0 Å². The van der Waals surface area contributed by atoms with E-state index in [1.807, 2.05) is 0 Å². The van der Waals surface area contributed by atoms with E-state index in [2.05, 4.69) is 236 Å². The smallest absolute Gasteiger partial charge is 0.0664 e. The van der Waals surface area contributed by atoms with E-state index < -0.39 is 0 Å². The molecule has 4 heteroatoms. The van der Waals surface area contributed by atoms with Gasteiger partial charge < -0.3 is 0 Å². The monoisotopic (exact) mass is 1080 g/mol. The third-order valence-electron chi connectivity index (χ3n) is 18.2. The fourth-order valence-corrected chi connectivity index (χ4v) is 15.7. The van der Waals surface area contributed by atoms with Crippen LogP contribution < -0.4 is 32.8 Å². The van der Waals surface area contributed by atoms with Crippen LogP contribution in [0.2, 0.25) is 0 Å². The van der Waals surface area contributed by atoms with Gasteiger partial charge in [0.2, 0.25) is 13.4 Å². The number of hydrogen-bond donors (Lipinski definition) is 0. The van der Waals surface area contributed by atoms with E-state index in [4.69, 9.17) is 0 Å². The molecule has 0 saturated carbocycles. The Morgan fingerprint density at radius 1 is 0.297 bits per heavy atom. The fraction of sp³-hybridized carbons (Fsp3) is 0.257. The highest BCUT2D eigenvalue weighted by molar-refractivity contribution is 9.10. The molecule has 4 aliphatic heterocycles. The van der Waals surface area contributed by atoms with Crippen LogP contribution in [0.3, 0.4) is 0 Å². The lowest BCUT2D eigenvalue weighted by Crippen LogP contribution is -2.53. The Hall–Kier alpha value is -5.67. The van der Waals surface area contributed by atoms with Gasteiger partial charge in [0.05, 0.1) is 0 Å². The minimum Gasteiger partial charge on any atom is -0.0664 e. The fourth-order valence-electron chi connectivity index (χ4n) is 14.8. The summed E-state index contributed by atoms with van der Waals surface area (Å²) in [5.41, 5.74) is 33.8. The van der Waals surface area contributed by atoms with Crippen LogP contribution in [-0.2, 0) is 0 Å². The average Bonchev–Trinajstić information content (AvgIpc) is 3.89. The summed E-state index contributed by atoms with van der Waals surface area (Å²) in [6.45, 7) is 29.0. The van der Waals surface area contributed by atoms with Gasteiger partial charge in [0.1, 0.15) is 0 Å². The van der Waals surface area contributed by atoms with Crippen molar-refractivity contribution < 1.29 is 0 Å². The van der Waals surface area contributed by atoms with Gasteiger partial charge in [0, 0.05) is 8.95 Å². The van der Waals surface area contributed by atoms with Crippen molar-refractivity contribution in [2.75, 3.05) is 0 Å². The lowest BCUT2D eigenvalue weighted by atomic mass is 9.34. The minimum absolute atomic E-state index is 0.107. The molecule has 0 bridgehead atoms. The first-order chi connectivity index (χ1) is 35.5. The summed E-state index contributed by atoms with van der Waals surface area (Å²) in [6, 6.07) is 49.5. The van der Waals surface area contributed by atoms with E-state index in [0.29, 0.717) is 35.5 Å². The number of halogens is 2. The summed E-state index contributed by atoms with van der Waals surface area (Å²) in [5.74, 6) is 2.14. The Bertz CT molecular complexity index is 3800. The van der Waals surface area contributed by atoms with E-state index in [-0.39, 0.29) is 13.4 Å². The molecule has 0 atom stereocenters. The molecule has 0 spiro atoms. The maximum absolute atomic E-state index is 4.12. The normalized spacial score (nSPS) is 13.7. The van der Waals surface area contributed by atoms with Gasteiger partial charge in [-0.3, -0.25) is 0 Å². The molecule has 0 N–H and O–H groups in total. The summed E-state index contributed by atoms with van der Waals surface area (Å²) >= 11 is 8.25. The van der Waals surface area contributed by atoms with E-state index in [1.165, 1.54) is 165 Å². The first-order valence-corrected chi connectivity index (χ1v) is 29.2.